The average Bonchev–Trinajstić information content (AvgIpc) is 3.13. The Morgan fingerprint density at radius 3 is 2.30 bits per heavy atom. The number of hydrogen-bond acceptors (Lipinski definition) is 2. The molecule has 0 bridgehead atoms. The largest absolute Gasteiger partial charge is 0.359 e. The lowest BCUT2D eigenvalue weighted by molar-refractivity contribution is -0.127. The van der Waals surface area contributed by atoms with Crippen molar-refractivity contribution < 1.29 is 9.59 Å². The zero-order valence-corrected chi connectivity index (χ0v) is 14.3. The van der Waals surface area contributed by atoms with Gasteiger partial charge < -0.3 is 10.2 Å². The van der Waals surface area contributed by atoms with E-state index in [1.165, 1.54) is 12.8 Å². The summed E-state index contributed by atoms with van der Waals surface area (Å²) >= 11 is 0. The zero-order valence-electron chi connectivity index (χ0n) is 14.3. The molecule has 1 aromatic carbocycles. The topological polar surface area (TPSA) is 49.4 Å². The van der Waals surface area contributed by atoms with Crippen LogP contribution < -0.4 is 5.32 Å². The molecule has 4 nitrogen and oxygen atoms in total. The maximum atomic E-state index is 12.9. The van der Waals surface area contributed by atoms with Crippen LogP contribution in [0.4, 0.5) is 0 Å². The first-order valence-corrected chi connectivity index (χ1v) is 8.54. The summed E-state index contributed by atoms with van der Waals surface area (Å²) in [7, 11) is 1.69. The van der Waals surface area contributed by atoms with Gasteiger partial charge in [0.15, 0.2) is 0 Å². The van der Waals surface area contributed by atoms with Gasteiger partial charge in [-0.05, 0) is 38.8 Å². The minimum atomic E-state index is -0.0649. The van der Waals surface area contributed by atoms with Gasteiger partial charge in [-0.15, -0.1) is 0 Å². The summed E-state index contributed by atoms with van der Waals surface area (Å²) in [6.07, 6.45) is 4.45. The maximum Gasteiger partial charge on any atom is 0.253 e. The van der Waals surface area contributed by atoms with Gasteiger partial charge in [-0.2, -0.15) is 0 Å². The van der Waals surface area contributed by atoms with Gasteiger partial charge in [-0.1, -0.05) is 30.0 Å². The highest BCUT2D eigenvalue weighted by molar-refractivity contribution is 5.95. The van der Waals surface area contributed by atoms with Gasteiger partial charge in [0.2, 0.25) is 5.91 Å². The molecule has 2 aliphatic rings. The van der Waals surface area contributed by atoms with Gasteiger partial charge in [0, 0.05) is 31.1 Å². The fraction of sp³-hybridized carbons (Fsp3) is 0.579. The summed E-state index contributed by atoms with van der Waals surface area (Å²) in [6, 6.07) is 5.97. The van der Waals surface area contributed by atoms with Gasteiger partial charge in [0.25, 0.3) is 5.91 Å². The van der Waals surface area contributed by atoms with Crippen LogP contribution in [0.5, 0.6) is 0 Å². The molecule has 1 atom stereocenters. The van der Waals surface area contributed by atoms with Crippen LogP contribution in [-0.4, -0.2) is 36.9 Å². The molecule has 1 aromatic rings. The number of carbonyl (C=O) groups excluding carboxylic acids is 2. The minimum absolute atomic E-state index is 0.00533. The smallest absolute Gasteiger partial charge is 0.253 e. The van der Waals surface area contributed by atoms with E-state index in [9.17, 15) is 9.59 Å². The average molecular weight is 314 g/mol. The second-order valence-electron chi connectivity index (χ2n) is 7.30. The number of nitrogens with zero attached hydrogens (tertiary/aromatic N) is 1. The third kappa shape index (κ3) is 2.87. The van der Waals surface area contributed by atoms with Crippen molar-refractivity contribution in [3.63, 3.8) is 0 Å². The third-order valence-corrected chi connectivity index (χ3v) is 5.57. The van der Waals surface area contributed by atoms with Gasteiger partial charge in [0.1, 0.15) is 0 Å². The van der Waals surface area contributed by atoms with Crippen molar-refractivity contribution in [2.45, 2.75) is 39.5 Å². The highest BCUT2D eigenvalue weighted by atomic mass is 16.2. The van der Waals surface area contributed by atoms with Crippen LogP contribution >= 0.6 is 0 Å². The molecule has 1 aliphatic carbocycles. The van der Waals surface area contributed by atoms with Crippen molar-refractivity contribution in [1.82, 2.24) is 10.2 Å². The molecule has 0 radical (unpaired) electrons. The van der Waals surface area contributed by atoms with Gasteiger partial charge in [0.05, 0.1) is 5.92 Å². The van der Waals surface area contributed by atoms with E-state index >= 15 is 0 Å². The second kappa shape index (κ2) is 5.99. The quantitative estimate of drug-likeness (QED) is 0.912. The summed E-state index contributed by atoms with van der Waals surface area (Å²) in [4.78, 5) is 27.2. The first-order valence-electron chi connectivity index (χ1n) is 8.54. The lowest BCUT2D eigenvalue weighted by atomic mass is 9.76. The van der Waals surface area contributed by atoms with Crippen LogP contribution in [0.25, 0.3) is 0 Å². The van der Waals surface area contributed by atoms with E-state index in [1.54, 1.807) is 7.05 Å². The summed E-state index contributed by atoms with van der Waals surface area (Å²) in [6.45, 7) is 5.29. The van der Waals surface area contributed by atoms with Crippen LogP contribution in [0.15, 0.2) is 18.2 Å². The van der Waals surface area contributed by atoms with Crippen molar-refractivity contribution in [2.75, 3.05) is 20.1 Å². The summed E-state index contributed by atoms with van der Waals surface area (Å²) < 4.78 is 0. The number of benzene rings is 1. The number of rotatable bonds is 2. The second-order valence-corrected chi connectivity index (χ2v) is 7.30. The fourth-order valence-electron chi connectivity index (χ4n) is 4.53. The molecule has 23 heavy (non-hydrogen) atoms. The molecule has 2 amide bonds. The Morgan fingerprint density at radius 1 is 1.13 bits per heavy atom. The van der Waals surface area contributed by atoms with Crippen LogP contribution in [0, 0.1) is 25.2 Å². The van der Waals surface area contributed by atoms with E-state index in [2.05, 4.69) is 11.4 Å². The molecule has 124 valence electrons. The van der Waals surface area contributed by atoms with Gasteiger partial charge in [-0.3, -0.25) is 9.59 Å². The van der Waals surface area contributed by atoms with Crippen molar-refractivity contribution >= 4 is 11.8 Å². The number of likely N-dealkylation sites (tertiary alicyclic amines) is 1. The molecular formula is C19H26N2O2. The third-order valence-electron chi connectivity index (χ3n) is 5.57. The molecule has 1 unspecified atom stereocenters. The number of nitrogens with one attached hydrogen (secondary N) is 1. The number of hydrogen-bond donors (Lipinski definition) is 1. The molecule has 1 spiro atoms. The van der Waals surface area contributed by atoms with E-state index in [4.69, 9.17) is 0 Å². The monoisotopic (exact) mass is 314 g/mol. The lowest BCUT2D eigenvalue weighted by Gasteiger charge is -2.28. The molecule has 1 saturated heterocycles. The van der Waals surface area contributed by atoms with E-state index in [0.717, 1.165) is 36.1 Å². The molecule has 1 saturated carbocycles. The molecular weight excluding hydrogens is 288 g/mol. The minimum Gasteiger partial charge on any atom is -0.359 e. The molecule has 1 heterocycles. The van der Waals surface area contributed by atoms with Crippen molar-refractivity contribution in [1.29, 1.82) is 0 Å². The first-order chi connectivity index (χ1) is 10.9. The molecule has 4 heteroatoms. The van der Waals surface area contributed by atoms with E-state index in [0.29, 0.717) is 6.54 Å². The highest BCUT2D eigenvalue weighted by Crippen LogP contribution is 2.49. The normalized spacial score (nSPS) is 22.6. The van der Waals surface area contributed by atoms with Crippen LogP contribution in [0.3, 0.4) is 0 Å². The van der Waals surface area contributed by atoms with E-state index in [1.807, 2.05) is 30.9 Å². The Bertz CT molecular complexity index is 612. The standard InChI is InChI=1S/C19H26N2O2/c1-13-8-14(2)10-15(9-13)18(23)21-11-16(17(22)20-3)19(12-21)6-4-5-7-19/h8-10,16H,4-7,11-12H2,1-3H3,(H,20,22). The Morgan fingerprint density at radius 2 is 1.74 bits per heavy atom. The number of amides is 2. The SMILES string of the molecule is CNC(=O)C1CN(C(=O)c2cc(C)cc(C)c2)CC12CCCC2. The zero-order chi connectivity index (χ0) is 16.6. The summed E-state index contributed by atoms with van der Waals surface area (Å²) in [5.41, 5.74) is 2.94. The Labute approximate surface area is 138 Å². The first kappa shape index (κ1) is 16.0. The lowest BCUT2D eigenvalue weighted by Crippen LogP contribution is -2.38. The number of carbonyl (C=O) groups is 2. The van der Waals surface area contributed by atoms with Crippen LogP contribution in [0.2, 0.25) is 0 Å². The molecule has 1 aliphatic heterocycles. The maximum absolute atomic E-state index is 12.9. The highest BCUT2D eigenvalue weighted by Gasteiger charge is 2.52. The molecule has 3 rings (SSSR count). The van der Waals surface area contributed by atoms with Crippen molar-refractivity contribution in [3.05, 3.63) is 34.9 Å². The van der Waals surface area contributed by atoms with E-state index in [-0.39, 0.29) is 23.1 Å². The fourth-order valence-corrected chi connectivity index (χ4v) is 4.53. The predicted octanol–water partition coefficient (Wildman–Crippen LogP) is 2.68. The molecule has 0 aromatic heterocycles. The van der Waals surface area contributed by atoms with Crippen LogP contribution in [0.1, 0.15) is 47.2 Å². The van der Waals surface area contributed by atoms with E-state index < -0.39 is 0 Å². The summed E-state index contributed by atoms with van der Waals surface area (Å²) in [5.74, 6) is 0.0851. The van der Waals surface area contributed by atoms with Crippen molar-refractivity contribution in [3.8, 4) is 0 Å². The Hall–Kier alpha value is -1.84. The molecule has 2 fully saturated rings. The van der Waals surface area contributed by atoms with Gasteiger partial charge >= 0.3 is 0 Å². The Balaban J connectivity index is 1.86. The van der Waals surface area contributed by atoms with Crippen molar-refractivity contribution in [2.24, 2.45) is 11.3 Å². The van der Waals surface area contributed by atoms with Gasteiger partial charge in [-0.25, -0.2) is 0 Å². The van der Waals surface area contributed by atoms with Crippen LogP contribution in [-0.2, 0) is 4.79 Å². The number of aryl methyl sites for hydroxylation is 2. The summed E-state index contributed by atoms with van der Waals surface area (Å²) in [5, 5.41) is 2.80. The Kier molecular flexibility index (Phi) is 4.17. The predicted molar refractivity (Wildman–Crippen MR) is 90.3 cm³/mol. The molecule has 1 N–H and O–H groups in total.